The van der Waals surface area contributed by atoms with Gasteiger partial charge in [0.15, 0.2) is 6.10 Å². The zero-order chi connectivity index (χ0) is 17.1. The first-order valence-electron chi connectivity index (χ1n) is 7.44. The molecule has 1 amide bonds. The van der Waals surface area contributed by atoms with Gasteiger partial charge >= 0.3 is 5.97 Å². The van der Waals surface area contributed by atoms with E-state index >= 15 is 0 Å². The van der Waals surface area contributed by atoms with Crippen molar-refractivity contribution in [3.63, 3.8) is 0 Å². The van der Waals surface area contributed by atoms with Gasteiger partial charge in [-0.3, -0.25) is 4.79 Å². The number of esters is 1. The highest BCUT2D eigenvalue weighted by Gasteiger charge is 2.21. The van der Waals surface area contributed by atoms with Gasteiger partial charge in [-0.15, -0.1) is 11.3 Å². The second-order valence-electron chi connectivity index (χ2n) is 5.68. The van der Waals surface area contributed by atoms with E-state index in [-0.39, 0.29) is 5.91 Å². The number of anilines is 1. The van der Waals surface area contributed by atoms with Crippen LogP contribution in [0.2, 0.25) is 0 Å². The molecule has 0 spiro atoms. The number of benzene rings is 1. The molecule has 4 nitrogen and oxygen atoms in total. The van der Waals surface area contributed by atoms with Gasteiger partial charge in [0.25, 0.3) is 5.91 Å². The summed E-state index contributed by atoms with van der Waals surface area (Å²) in [5, 5.41) is 2.80. The van der Waals surface area contributed by atoms with Crippen LogP contribution in [0.4, 0.5) is 5.69 Å². The quantitative estimate of drug-likeness (QED) is 0.856. The summed E-state index contributed by atoms with van der Waals surface area (Å²) < 4.78 is 5.28. The van der Waals surface area contributed by atoms with Gasteiger partial charge in [-0.1, -0.05) is 17.7 Å². The molecular weight excluding hydrogens is 310 g/mol. The van der Waals surface area contributed by atoms with Gasteiger partial charge < -0.3 is 10.1 Å². The molecule has 0 radical (unpaired) electrons. The lowest BCUT2D eigenvalue weighted by molar-refractivity contribution is -0.123. The number of thiophene rings is 1. The fourth-order valence-electron chi connectivity index (χ4n) is 2.30. The molecule has 122 valence electrons. The van der Waals surface area contributed by atoms with Gasteiger partial charge in [-0.05, 0) is 52.3 Å². The Morgan fingerprint density at radius 2 is 1.83 bits per heavy atom. The molecular formula is C18H21NO3S. The van der Waals surface area contributed by atoms with Crippen molar-refractivity contribution in [1.29, 1.82) is 0 Å². The number of carbonyl (C=O) groups excluding carboxylic acids is 2. The van der Waals surface area contributed by atoms with Crippen LogP contribution in [0.25, 0.3) is 0 Å². The first kappa shape index (κ1) is 17.2. The lowest BCUT2D eigenvalue weighted by Crippen LogP contribution is -2.30. The Labute approximate surface area is 140 Å². The summed E-state index contributed by atoms with van der Waals surface area (Å²) in [5.41, 5.74) is 3.36. The maximum absolute atomic E-state index is 12.2. The molecule has 2 rings (SSSR count). The topological polar surface area (TPSA) is 55.4 Å². The molecule has 0 saturated heterocycles. The Morgan fingerprint density at radius 3 is 2.39 bits per heavy atom. The van der Waals surface area contributed by atoms with E-state index in [9.17, 15) is 9.59 Å². The van der Waals surface area contributed by atoms with E-state index in [2.05, 4.69) is 5.32 Å². The highest BCUT2D eigenvalue weighted by Crippen LogP contribution is 2.22. The van der Waals surface area contributed by atoms with Gasteiger partial charge in [0, 0.05) is 15.4 Å². The third-order valence-electron chi connectivity index (χ3n) is 3.55. The summed E-state index contributed by atoms with van der Waals surface area (Å²) in [4.78, 5) is 26.3. The van der Waals surface area contributed by atoms with Crippen molar-refractivity contribution >= 4 is 28.9 Å². The normalized spacial score (nSPS) is 11.9. The van der Waals surface area contributed by atoms with E-state index in [0.717, 1.165) is 26.6 Å². The van der Waals surface area contributed by atoms with Gasteiger partial charge in [-0.25, -0.2) is 4.79 Å². The Balaban J connectivity index is 2.02. The first-order valence-corrected chi connectivity index (χ1v) is 8.25. The van der Waals surface area contributed by atoms with Gasteiger partial charge in [-0.2, -0.15) is 0 Å². The van der Waals surface area contributed by atoms with Crippen LogP contribution in [-0.4, -0.2) is 18.0 Å². The number of hydrogen-bond acceptors (Lipinski definition) is 4. The van der Waals surface area contributed by atoms with Crippen LogP contribution >= 0.6 is 11.3 Å². The minimum atomic E-state index is -0.859. The predicted octanol–water partition coefficient (Wildman–Crippen LogP) is 4.17. The molecule has 0 bridgehead atoms. The zero-order valence-corrected chi connectivity index (χ0v) is 14.8. The number of ether oxygens (including phenoxy) is 1. The smallest absolute Gasteiger partial charge is 0.340 e. The van der Waals surface area contributed by atoms with Gasteiger partial charge in [0.1, 0.15) is 0 Å². The Morgan fingerprint density at radius 1 is 1.13 bits per heavy atom. The molecule has 23 heavy (non-hydrogen) atoms. The van der Waals surface area contributed by atoms with E-state index in [1.54, 1.807) is 13.0 Å². The van der Waals surface area contributed by atoms with Gasteiger partial charge in [0.2, 0.25) is 0 Å². The van der Waals surface area contributed by atoms with Crippen molar-refractivity contribution in [2.24, 2.45) is 0 Å². The second-order valence-corrected chi connectivity index (χ2v) is 7.14. The average molecular weight is 331 g/mol. The maximum Gasteiger partial charge on any atom is 0.340 e. The summed E-state index contributed by atoms with van der Waals surface area (Å²) >= 11 is 1.54. The SMILES string of the molecule is Cc1ccc(NC(=O)[C@H](C)OC(=O)c2cc(C)sc2C)c(C)c1. The van der Waals surface area contributed by atoms with Crippen molar-refractivity contribution in [1.82, 2.24) is 0 Å². The van der Waals surface area contributed by atoms with E-state index < -0.39 is 12.1 Å². The number of amides is 1. The molecule has 0 aliphatic carbocycles. The van der Waals surface area contributed by atoms with Crippen molar-refractivity contribution in [3.8, 4) is 0 Å². The molecule has 0 fully saturated rings. The molecule has 2 aromatic rings. The fraction of sp³-hybridized carbons (Fsp3) is 0.333. The molecule has 0 aliphatic heterocycles. The minimum Gasteiger partial charge on any atom is -0.449 e. The van der Waals surface area contributed by atoms with Crippen LogP contribution in [0.5, 0.6) is 0 Å². The number of aryl methyl sites for hydroxylation is 4. The van der Waals surface area contributed by atoms with Crippen molar-refractivity contribution in [2.45, 2.75) is 40.7 Å². The second kappa shape index (κ2) is 6.96. The molecule has 0 saturated carbocycles. The fourth-order valence-corrected chi connectivity index (χ4v) is 3.21. The van der Waals surface area contributed by atoms with E-state index in [1.165, 1.54) is 11.3 Å². The molecule has 1 atom stereocenters. The van der Waals surface area contributed by atoms with Crippen LogP contribution in [0, 0.1) is 27.7 Å². The van der Waals surface area contributed by atoms with E-state index in [4.69, 9.17) is 4.74 Å². The summed E-state index contributed by atoms with van der Waals surface area (Å²) in [6, 6.07) is 7.56. The summed E-state index contributed by atoms with van der Waals surface area (Å²) in [6.45, 7) is 9.30. The molecule has 1 aromatic carbocycles. The predicted molar refractivity (Wildman–Crippen MR) is 93.2 cm³/mol. The van der Waals surface area contributed by atoms with Crippen LogP contribution in [0.15, 0.2) is 24.3 Å². The zero-order valence-electron chi connectivity index (χ0n) is 14.0. The number of hydrogen-bond donors (Lipinski definition) is 1. The van der Waals surface area contributed by atoms with Crippen LogP contribution < -0.4 is 5.32 Å². The molecule has 5 heteroatoms. The minimum absolute atomic E-state index is 0.338. The van der Waals surface area contributed by atoms with Crippen molar-refractivity contribution in [3.05, 3.63) is 50.7 Å². The summed E-state index contributed by atoms with van der Waals surface area (Å²) in [6.07, 6.45) is -0.859. The van der Waals surface area contributed by atoms with Crippen molar-refractivity contribution in [2.75, 3.05) is 5.32 Å². The first-order chi connectivity index (χ1) is 10.8. The third kappa shape index (κ3) is 4.20. The molecule has 1 aromatic heterocycles. The Hall–Kier alpha value is -2.14. The lowest BCUT2D eigenvalue weighted by atomic mass is 10.1. The lowest BCUT2D eigenvalue weighted by Gasteiger charge is -2.15. The third-order valence-corrected chi connectivity index (χ3v) is 4.52. The monoisotopic (exact) mass is 331 g/mol. The molecule has 1 heterocycles. The van der Waals surface area contributed by atoms with Crippen molar-refractivity contribution < 1.29 is 14.3 Å². The van der Waals surface area contributed by atoms with Gasteiger partial charge in [0.05, 0.1) is 5.56 Å². The molecule has 0 aliphatic rings. The maximum atomic E-state index is 12.2. The molecule has 1 N–H and O–H groups in total. The van der Waals surface area contributed by atoms with Crippen LogP contribution in [-0.2, 0) is 9.53 Å². The summed E-state index contributed by atoms with van der Waals surface area (Å²) in [7, 11) is 0. The highest BCUT2D eigenvalue weighted by molar-refractivity contribution is 7.12. The molecule has 0 unspecified atom stereocenters. The van der Waals surface area contributed by atoms with E-state index in [0.29, 0.717) is 5.56 Å². The van der Waals surface area contributed by atoms with Crippen LogP contribution in [0.1, 0.15) is 38.2 Å². The standard InChI is InChI=1S/C18H21NO3S/c1-10-6-7-16(11(2)8-10)19-17(20)13(4)22-18(21)15-9-12(3)23-14(15)5/h6-9,13H,1-5H3,(H,19,20)/t13-/m0/s1. The number of rotatable bonds is 4. The Bertz CT molecular complexity index is 749. The average Bonchev–Trinajstić information content (AvgIpc) is 2.80. The van der Waals surface area contributed by atoms with E-state index in [1.807, 2.05) is 45.9 Å². The number of carbonyl (C=O) groups is 2. The Kier molecular flexibility index (Phi) is 5.21. The largest absolute Gasteiger partial charge is 0.449 e. The number of nitrogens with one attached hydrogen (secondary N) is 1. The highest BCUT2D eigenvalue weighted by atomic mass is 32.1. The van der Waals surface area contributed by atoms with Crippen LogP contribution in [0.3, 0.4) is 0 Å². The summed E-state index contributed by atoms with van der Waals surface area (Å²) in [5.74, 6) is -0.801.